The molecule has 2 N–H and O–H groups in total. The molecule has 0 saturated carbocycles. The molecule has 0 saturated heterocycles. The molecule has 0 heterocycles. The fourth-order valence-electron chi connectivity index (χ4n) is 3.13. The number of benzene rings is 2. The van der Waals surface area contributed by atoms with Crippen LogP contribution in [0.25, 0.3) is 5.83 Å². The molecule has 0 aromatic heterocycles. The minimum Gasteiger partial charge on any atom is -0.345 e. The predicted molar refractivity (Wildman–Crippen MR) is 119 cm³/mol. The zero-order valence-electron chi connectivity index (χ0n) is 19.3. The van der Waals surface area contributed by atoms with Gasteiger partial charge in [0.05, 0.1) is 15.6 Å². The highest BCUT2D eigenvalue weighted by atomic mass is 79.9. The number of halogens is 12. The summed E-state index contributed by atoms with van der Waals surface area (Å²) in [4.78, 5) is 24.1. The van der Waals surface area contributed by atoms with Gasteiger partial charge in [0, 0.05) is 5.56 Å². The Morgan fingerprint density at radius 2 is 1.59 bits per heavy atom. The minimum absolute atomic E-state index is 0.0464. The second-order valence-corrected chi connectivity index (χ2v) is 8.85. The Balaban J connectivity index is 2.42. The summed E-state index contributed by atoms with van der Waals surface area (Å²) in [5.41, 5.74) is -4.75. The molecule has 0 fully saturated rings. The second kappa shape index (κ2) is 11.9. The van der Waals surface area contributed by atoms with Gasteiger partial charge in [-0.05, 0) is 58.8 Å². The highest BCUT2D eigenvalue weighted by molar-refractivity contribution is 9.10. The van der Waals surface area contributed by atoms with Crippen LogP contribution >= 0.6 is 15.9 Å². The number of alkyl halides is 9. The third-order valence-corrected chi connectivity index (χ3v) is 5.66. The van der Waals surface area contributed by atoms with Gasteiger partial charge in [0.15, 0.2) is 0 Å². The molecule has 2 atom stereocenters. The van der Waals surface area contributed by atoms with Crippen molar-refractivity contribution in [2.75, 3.05) is 6.54 Å². The van der Waals surface area contributed by atoms with Crippen molar-refractivity contribution in [2.24, 2.45) is 0 Å². The number of nitrogens with one attached hydrogen (secondary N) is 2. The van der Waals surface area contributed by atoms with Gasteiger partial charge in [-0.25, -0.2) is 8.78 Å². The van der Waals surface area contributed by atoms with Crippen molar-refractivity contribution in [1.82, 2.24) is 10.6 Å². The van der Waals surface area contributed by atoms with E-state index < -0.39 is 82.7 Å². The first-order valence-corrected chi connectivity index (χ1v) is 11.3. The van der Waals surface area contributed by atoms with Crippen molar-refractivity contribution in [3.63, 3.8) is 0 Å². The standard InChI is InChI=1S/C23H16BrF11N2O2/c1-10(19(38)36-9-21(27,28)29)37-20(39)13-4-2-12(6-15(13)23(33,34)35)17(25)8-14(22(30,31)32)11-3-5-16(24)18(26)7-11/h2-8,10,14H,9H2,1H3,(H,36,38)(H,37,39)/b17-8-/t10-,14?/m1/s1. The summed E-state index contributed by atoms with van der Waals surface area (Å²) in [6.45, 7) is -0.887. The molecular weight excluding hydrogens is 625 g/mol. The topological polar surface area (TPSA) is 58.2 Å². The van der Waals surface area contributed by atoms with Crippen LogP contribution in [0, 0.1) is 5.82 Å². The third-order valence-electron chi connectivity index (χ3n) is 5.02. The summed E-state index contributed by atoms with van der Waals surface area (Å²) >= 11 is 2.75. The summed E-state index contributed by atoms with van der Waals surface area (Å²) in [7, 11) is 0. The smallest absolute Gasteiger partial charge is 0.345 e. The van der Waals surface area contributed by atoms with E-state index in [1.807, 2.05) is 0 Å². The molecular formula is C23H16BrF11N2O2. The highest BCUT2D eigenvalue weighted by Gasteiger charge is 2.41. The van der Waals surface area contributed by atoms with Crippen LogP contribution in [0.4, 0.5) is 48.3 Å². The summed E-state index contributed by atoms with van der Waals surface area (Å²) in [6, 6.07) is 1.52. The number of rotatable bonds is 7. The number of carbonyl (C=O) groups excluding carboxylic acids is 2. The molecule has 0 aliphatic heterocycles. The Labute approximate surface area is 221 Å². The molecule has 214 valence electrons. The molecule has 1 unspecified atom stereocenters. The van der Waals surface area contributed by atoms with Crippen LogP contribution in [0.3, 0.4) is 0 Å². The first-order valence-electron chi connectivity index (χ1n) is 10.5. The zero-order chi connectivity index (χ0) is 29.9. The SMILES string of the molecule is C[C@@H](NC(=O)c1ccc(/C(F)=C/C(c2ccc(Br)c(F)c2)C(F)(F)F)cc1C(F)(F)F)C(=O)NCC(F)(F)F. The van der Waals surface area contributed by atoms with Crippen molar-refractivity contribution in [2.45, 2.75) is 37.4 Å². The minimum atomic E-state index is -5.34. The Morgan fingerprint density at radius 3 is 2.10 bits per heavy atom. The maximum atomic E-state index is 14.8. The lowest BCUT2D eigenvalue weighted by Gasteiger charge is -2.19. The zero-order valence-corrected chi connectivity index (χ0v) is 20.8. The van der Waals surface area contributed by atoms with E-state index in [2.05, 4.69) is 15.9 Å². The van der Waals surface area contributed by atoms with E-state index in [-0.39, 0.29) is 16.6 Å². The fraction of sp³-hybridized carbons (Fsp3) is 0.304. The van der Waals surface area contributed by atoms with Crippen molar-refractivity contribution >= 4 is 33.6 Å². The Morgan fingerprint density at radius 1 is 0.974 bits per heavy atom. The lowest BCUT2D eigenvalue weighted by Crippen LogP contribution is -2.47. The van der Waals surface area contributed by atoms with Crippen LogP contribution < -0.4 is 10.6 Å². The normalized spacial score (nSPS) is 14.5. The number of carbonyl (C=O) groups is 2. The Kier molecular flexibility index (Phi) is 9.79. The Hall–Kier alpha value is -3.17. The van der Waals surface area contributed by atoms with E-state index in [0.717, 1.165) is 19.1 Å². The van der Waals surface area contributed by atoms with Crippen LogP contribution in [0.2, 0.25) is 0 Å². The van der Waals surface area contributed by atoms with Crippen molar-refractivity contribution in [1.29, 1.82) is 0 Å². The van der Waals surface area contributed by atoms with Crippen molar-refractivity contribution in [3.8, 4) is 0 Å². The number of hydrogen-bond acceptors (Lipinski definition) is 2. The average Bonchev–Trinajstić information content (AvgIpc) is 2.80. The van der Waals surface area contributed by atoms with Gasteiger partial charge in [0.25, 0.3) is 5.91 Å². The average molecular weight is 641 g/mol. The number of amides is 2. The van der Waals surface area contributed by atoms with Gasteiger partial charge >= 0.3 is 18.5 Å². The van der Waals surface area contributed by atoms with Gasteiger partial charge in [-0.3, -0.25) is 9.59 Å². The van der Waals surface area contributed by atoms with Crippen molar-refractivity contribution in [3.05, 3.63) is 75.0 Å². The lowest BCUT2D eigenvalue weighted by molar-refractivity contribution is -0.140. The van der Waals surface area contributed by atoms with E-state index in [9.17, 15) is 57.9 Å². The van der Waals surface area contributed by atoms with Gasteiger partial charge in [-0.2, -0.15) is 39.5 Å². The molecule has 0 aliphatic carbocycles. The first-order chi connectivity index (χ1) is 17.7. The molecule has 2 aromatic carbocycles. The summed E-state index contributed by atoms with van der Waals surface area (Å²) in [5.74, 6) is -8.59. The molecule has 0 aliphatic rings. The monoisotopic (exact) mass is 640 g/mol. The number of hydrogen-bond donors (Lipinski definition) is 2. The molecule has 2 rings (SSSR count). The molecule has 0 radical (unpaired) electrons. The van der Waals surface area contributed by atoms with Gasteiger partial charge in [-0.15, -0.1) is 0 Å². The van der Waals surface area contributed by atoms with Crippen LogP contribution in [0.5, 0.6) is 0 Å². The first kappa shape index (κ1) is 32.0. The maximum absolute atomic E-state index is 14.8. The molecule has 16 heteroatoms. The van der Waals surface area contributed by atoms with Gasteiger partial charge in [0.1, 0.15) is 30.1 Å². The summed E-state index contributed by atoms with van der Waals surface area (Å²) in [6.07, 6.45) is -15.4. The quantitative estimate of drug-likeness (QED) is 0.319. The van der Waals surface area contributed by atoms with E-state index in [0.29, 0.717) is 18.2 Å². The second-order valence-electron chi connectivity index (χ2n) is 7.99. The predicted octanol–water partition coefficient (Wildman–Crippen LogP) is 7.06. The van der Waals surface area contributed by atoms with Crippen LogP contribution in [0.1, 0.15) is 39.9 Å². The largest absolute Gasteiger partial charge is 0.417 e. The molecule has 0 spiro atoms. The van der Waals surface area contributed by atoms with Gasteiger partial charge in [0.2, 0.25) is 5.91 Å². The van der Waals surface area contributed by atoms with E-state index >= 15 is 0 Å². The molecule has 2 amide bonds. The van der Waals surface area contributed by atoms with Gasteiger partial charge < -0.3 is 10.6 Å². The van der Waals surface area contributed by atoms with Gasteiger partial charge in [-0.1, -0.05) is 12.1 Å². The van der Waals surface area contributed by atoms with E-state index in [1.54, 1.807) is 5.32 Å². The molecule has 39 heavy (non-hydrogen) atoms. The van der Waals surface area contributed by atoms with Crippen LogP contribution in [0.15, 0.2) is 46.9 Å². The van der Waals surface area contributed by atoms with Crippen molar-refractivity contribution < 1.29 is 57.9 Å². The molecule has 0 bridgehead atoms. The third kappa shape index (κ3) is 8.93. The van der Waals surface area contributed by atoms with E-state index in [1.165, 1.54) is 5.32 Å². The fourth-order valence-corrected chi connectivity index (χ4v) is 3.38. The summed E-state index contributed by atoms with van der Waals surface area (Å²) in [5, 5.41) is 3.18. The summed E-state index contributed by atoms with van der Waals surface area (Å²) < 4.78 is 147. The highest BCUT2D eigenvalue weighted by Crippen LogP contribution is 2.40. The molecule has 4 nitrogen and oxygen atoms in total. The van der Waals surface area contributed by atoms with Crippen LogP contribution in [-0.4, -0.2) is 36.8 Å². The molecule has 2 aromatic rings. The van der Waals surface area contributed by atoms with E-state index in [4.69, 9.17) is 0 Å². The van der Waals surface area contributed by atoms with Crippen LogP contribution in [-0.2, 0) is 11.0 Å². The number of allylic oxidation sites excluding steroid dienone is 1. The maximum Gasteiger partial charge on any atom is 0.417 e. The lowest BCUT2D eigenvalue weighted by atomic mass is 9.95. The Bertz CT molecular complexity index is 1250.